The summed E-state index contributed by atoms with van der Waals surface area (Å²) in [6.45, 7) is 6.52. The molecule has 0 bridgehead atoms. The Labute approximate surface area is 126 Å². The molecule has 0 amide bonds. The Hall–Kier alpha value is -2.22. The van der Waals surface area contributed by atoms with Gasteiger partial charge in [0.25, 0.3) is 0 Å². The van der Waals surface area contributed by atoms with Gasteiger partial charge in [-0.25, -0.2) is 4.57 Å². The zero-order valence-corrected chi connectivity index (χ0v) is 13.1. The molecule has 3 aromatic rings. The molecule has 3 rings (SSSR count). The molecular weight excluding hydrogens is 256 g/mol. The lowest BCUT2D eigenvalue weighted by atomic mass is 9.99. The fourth-order valence-corrected chi connectivity index (χ4v) is 2.77. The van der Waals surface area contributed by atoms with E-state index in [1.165, 1.54) is 27.6 Å². The maximum atomic E-state index is 4.65. The minimum absolute atomic E-state index is 0.449. The predicted octanol–water partition coefficient (Wildman–Crippen LogP) is 4.16. The van der Waals surface area contributed by atoms with E-state index in [1.54, 1.807) is 0 Å². The summed E-state index contributed by atoms with van der Waals surface area (Å²) in [6.07, 6.45) is 4.15. The smallest absolute Gasteiger partial charge is 0.221 e. The summed E-state index contributed by atoms with van der Waals surface area (Å²) in [5.41, 5.74) is 4.93. The number of aryl methyl sites for hydroxylation is 2. The fourth-order valence-electron chi connectivity index (χ4n) is 2.77. The Bertz CT molecular complexity index is 804. The van der Waals surface area contributed by atoms with Gasteiger partial charge in [0, 0.05) is 23.5 Å². The summed E-state index contributed by atoms with van der Waals surface area (Å²) in [5.74, 6) is 0.449. The van der Waals surface area contributed by atoms with Gasteiger partial charge >= 0.3 is 0 Å². The Morgan fingerprint density at radius 2 is 1.86 bits per heavy atom. The van der Waals surface area contributed by atoms with Crippen molar-refractivity contribution >= 4 is 10.8 Å². The minimum Gasteiger partial charge on any atom is -0.260 e. The summed E-state index contributed by atoms with van der Waals surface area (Å²) in [7, 11) is 2.09. The van der Waals surface area contributed by atoms with Crippen LogP contribution in [0, 0.1) is 6.92 Å². The second kappa shape index (κ2) is 5.28. The molecular formula is C19H21N2+. The predicted molar refractivity (Wildman–Crippen MR) is 87.2 cm³/mol. The van der Waals surface area contributed by atoms with Gasteiger partial charge in [0.2, 0.25) is 5.69 Å². The number of hydrogen-bond acceptors (Lipinski definition) is 1. The van der Waals surface area contributed by atoms with Gasteiger partial charge in [-0.05, 0) is 35.9 Å². The van der Waals surface area contributed by atoms with Crippen molar-refractivity contribution in [3.63, 3.8) is 0 Å². The lowest BCUT2D eigenvalue weighted by Crippen LogP contribution is -2.30. The second-order valence-electron chi connectivity index (χ2n) is 5.94. The number of fused-ring (bicyclic) bond motifs is 1. The molecule has 0 unspecified atom stereocenters. The topological polar surface area (TPSA) is 16.8 Å². The number of benzene rings is 1. The van der Waals surface area contributed by atoms with E-state index >= 15 is 0 Å². The van der Waals surface area contributed by atoms with E-state index in [0.717, 1.165) is 5.69 Å². The molecule has 0 N–H and O–H groups in total. The van der Waals surface area contributed by atoms with Gasteiger partial charge in [-0.3, -0.25) is 4.98 Å². The lowest BCUT2D eigenvalue weighted by molar-refractivity contribution is -0.659. The molecule has 2 heterocycles. The lowest BCUT2D eigenvalue weighted by Gasteiger charge is -2.09. The van der Waals surface area contributed by atoms with Gasteiger partial charge in [0.1, 0.15) is 7.05 Å². The number of rotatable bonds is 2. The zero-order chi connectivity index (χ0) is 15.0. The monoisotopic (exact) mass is 277 g/mol. The largest absolute Gasteiger partial charge is 0.260 e. The van der Waals surface area contributed by atoms with Crippen LogP contribution in [0.5, 0.6) is 0 Å². The highest BCUT2D eigenvalue weighted by Gasteiger charge is 2.17. The normalized spacial score (nSPS) is 11.3. The summed E-state index contributed by atoms with van der Waals surface area (Å²) in [4.78, 5) is 4.65. The van der Waals surface area contributed by atoms with Gasteiger partial charge in [0.15, 0.2) is 6.20 Å². The van der Waals surface area contributed by atoms with Crippen LogP contribution in [0.1, 0.15) is 31.0 Å². The van der Waals surface area contributed by atoms with Crippen LogP contribution < -0.4 is 4.57 Å². The fraction of sp³-hybridized carbons (Fsp3) is 0.263. The summed E-state index contributed by atoms with van der Waals surface area (Å²) in [5, 5.41) is 2.46. The van der Waals surface area contributed by atoms with Crippen molar-refractivity contribution in [3.05, 3.63) is 60.0 Å². The molecule has 21 heavy (non-hydrogen) atoms. The van der Waals surface area contributed by atoms with Crippen molar-refractivity contribution in [2.45, 2.75) is 26.7 Å². The van der Waals surface area contributed by atoms with Crippen molar-refractivity contribution < 1.29 is 4.57 Å². The Balaban J connectivity index is 2.32. The molecule has 2 heteroatoms. The third-order valence-corrected chi connectivity index (χ3v) is 4.03. The first-order valence-electron chi connectivity index (χ1n) is 7.42. The standard InChI is InChI=1S/C19H21N2/c1-13(2)18-11-15-9-10-21(4)19(17(15)12-20-18)16-8-6-5-7-14(16)3/h5-13H,1-4H3/q+1. The number of aromatic nitrogens is 2. The molecule has 0 saturated heterocycles. The highest BCUT2D eigenvalue weighted by Crippen LogP contribution is 2.28. The molecule has 2 aromatic heterocycles. The van der Waals surface area contributed by atoms with Crippen molar-refractivity contribution in [2.75, 3.05) is 0 Å². The third-order valence-electron chi connectivity index (χ3n) is 4.03. The quantitative estimate of drug-likeness (QED) is 0.643. The van der Waals surface area contributed by atoms with Crippen molar-refractivity contribution in [1.29, 1.82) is 0 Å². The van der Waals surface area contributed by atoms with E-state index in [-0.39, 0.29) is 0 Å². The number of nitrogens with zero attached hydrogens (tertiary/aromatic N) is 2. The van der Waals surface area contributed by atoms with Crippen LogP contribution >= 0.6 is 0 Å². The summed E-state index contributed by atoms with van der Waals surface area (Å²) in [6, 6.07) is 12.9. The molecule has 106 valence electrons. The average molecular weight is 277 g/mol. The van der Waals surface area contributed by atoms with E-state index in [9.17, 15) is 0 Å². The first-order valence-corrected chi connectivity index (χ1v) is 7.42. The van der Waals surface area contributed by atoms with E-state index in [1.807, 2.05) is 6.20 Å². The molecule has 1 aromatic carbocycles. The molecule has 0 radical (unpaired) electrons. The maximum Gasteiger partial charge on any atom is 0.221 e. The van der Waals surface area contributed by atoms with Crippen LogP contribution in [0.25, 0.3) is 22.0 Å². The van der Waals surface area contributed by atoms with Crippen molar-refractivity contribution in [3.8, 4) is 11.3 Å². The Morgan fingerprint density at radius 1 is 1.10 bits per heavy atom. The van der Waals surface area contributed by atoms with Gasteiger partial charge in [-0.15, -0.1) is 0 Å². The van der Waals surface area contributed by atoms with Gasteiger partial charge in [-0.2, -0.15) is 0 Å². The summed E-state index contributed by atoms with van der Waals surface area (Å²) >= 11 is 0. The zero-order valence-electron chi connectivity index (χ0n) is 13.1. The van der Waals surface area contributed by atoms with Crippen molar-refractivity contribution in [2.24, 2.45) is 7.05 Å². The molecule has 0 aliphatic carbocycles. The molecule has 0 fully saturated rings. The molecule has 0 atom stereocenters. The van der Waals surface area contributed by atoms with Gasteiger partial charge in [0.05, 0.1) is 5.39 Å². The minimum atomic E-state index is 0.449. The van der Waals surface area contributed by atoms with Crippen molar-refractivity contribution in [1.82, 2.24) is 4.98 Å². The third kappa shape index (κ3) is 2.42. The molecule has 0 aliphatic rings. The first kappa shape index (κ1) is 13.7. The highest BCUT2D eigenvalue weighted by atomic mass is 14.9. The van der Waals surface area contributed by atoms with E-state index in [2.05, 4.69) is 80.0 Å². The number of pyridine rings is 2. The van der Waals surface area contributed by atoms with Crippen LogP contribution in [-0.2, 0) is 7.05 Å². The van der Waals surface area contributed by atoms with Gasteiger partial charge < -0.3 is 0 Å². The van der Waals surface area contributed by atoms with E-state index in [0.29, 0.717) is 5.92 Å². The van der Waals surface area contributed by atoms with Crippen LogP contribution in [-0.4, -0.2) is 4.98 Å². The second-order valence-corrected chi connectivity index (χ2v) is 5.94. The highest BCUT2D eigenvalue weighted by molar-refractivity contribution is 5.93. The van der Waals surface area contributed by atoms with E-state index < -0.39 is 0 Å². The van der Waals surface area contributed by atoms with Crippen LogP contribution in [0.3, 0.4) is 0 Å². The molecule has 0 spiro atoms. The summed E-state index contributed by atoms with van der Waals surface area (Å²) < 4.78 is 2.18. The van der Waals surface area contributed by atoms with E-state index in [4.69, 9.17) is 0 Å². The molecule has 0 aliphatic heterocycles. The molecule has 0 saturated carbocycles. The first-order chi connectivity index (χ1) is 10.1. The van der Waals surface area contributed by atoms with Crippen LogP contribution in [0.2, 0.25) is 0 Å². The Morgan fingerprint density at radius 3 is 2.57 bits per heavy atom. The maximum absolute atomic E-state index is 4.65. The van der Waals surface area contributed by atoms with Gasteiger partial charge in [-0.1, -0.05) is 32.0 Å². The molecule has 2 nitrogen and oxygen atoms in total. The Kier molecular flexibility index (Phi) is 3.46. The van der Waals surface area contributed by atoms with Crippen LogP contribution in [0.15, 0.2) is 48.8 Å². The number of hydrogen-bond donors (Lipinski definition) is 0. The SMILES string of the molecule is Cc1ccccc1-c1c2cnc(C(C)C)cc2cc[n+]1C. The van der Waals surface area contributed by atoms with Crippen LogP contribution in [0.4, 0.5) is 0 Å². The average Bonchev–Trinajstić information content (AvgIpc) is 2.48.